The monoisotopic (exact) mass is 503 g/mol. The highest BCUT2D eigenvalue weighted by molar-refractivity contribution is 5.92. The van der Waals surface area contributed by atoms with Gasteiger partial charge in [0.05, 0.1) is 23.6 Å². The molecule has 3 fully saturated rings. The molecule has 0 aliphatic carbocycles. The predicted octanol–water partition coefficient (Wildman–Crippen LogP) is 1.88. The van der Waals surface area contributed by atoms with Crippen LogP contribution in [-0.2, 0) is 11.0 Å². The lowest BCUT2D eigenvalue weighted by Crippen LogP contribution is -2.71. The molecule has 0 aromatic carbocycles. The standard InChI is InChI=1S/C23H21F4N7O2/c1-13(24)20(35)31-7-15(8-31)33-18-16(32-11-22(12-32)9-28-10-22)4-5-29-19(18)34(21(33)36)14-2-3-17(30-6-14)23(25,26)27/h2-6,15,28H,1,7-12H2. The van der Waals surface area contributed by atoms with Gasteiger partial charge in [-0.15, -0.1) is 0 Å². The van der Waals surface area contributed by atoms with Gasteiger partial charge in [0.2, 0.25) is 0 Å². The fraction of sp³-hybridized carbons (Fsp3) is 0.391. The van der Waals surface area contributed by atoms with E-state index in [2.05, 4.69) is 26.8 Å². The van der Waals surface area contributed by atoms with Crippen LogP contribution in [-0.4, -0.2) is 69.2 Å². The lowest BCUT2D eigenvalue weighted by atomic mass is 9.74. The number of carbonyl (C=O) groups is 1. The van der Waals surface area contributed by atoms with Gasteiger partial charge in [0.25, 0.3) is 5.91 Å². The molecule has 0 saturated carbocycles. The number of carbonyl (C=O) groups excluding carboxylic acids is 1. The van der Waals surface area contributed by atoms with Crippen LogP contribution >= 0.6 is 0 Å². The van der Waals surface area contributed by atoms with Crippen LogP contribution in [0.5, 0.6) is 0 Å². The minimum absolute atomic E-state index is 0.0915. The van der Waals surface area contributed by atoms with Crippen LogP contribution in [0.3, 0.4) is 0 Å². The van der Waals surface area contributed by atoms with Crippen LogP contribution in [0.4, 0.5) is 23.2 Å². The third-order valence-electron chi connectivity index (χ3n) is 7.17. The summed E-state index contributed by atoms with van der Waals surface area (Å²) in [6.07, 6.45) is -2.07. The zero-order chi connectivity index (χ0) is 25.4. The molecule has 3 aliphatic rings. The molecule has 1 spiro atoms. The summed E-state index contributed by atoms with van der Waals surface area (Å²) < 4.78 is 55.2. The Morgan fingerprint density at radius 3 is 2.42 bits per heavy atom. The first kappa shape index (κ1) is 22.7. The third-order valence-corrected chi connectivity index (χ3v) is 7.17. The predicted molar refractivity (Wildman–Crippen MR) is 122 cm³/mol. The number of rotatable bonds is 4. The van der Waals surface area contributed by atoms with Crippen LogP contribution < -0.4 is 15.9 Å². The number of aromatic nitrogens is 4. The van der Waals surface area contributed by atoms with Gasteiger partial charge >= 0.3 is 11.9 Å². The molecule has 0 atom stereocenters. The molecule has 36 heavy (non-hydrogen) atoms. The van der Waals surface area contributed by atoms with E-state index in [4.69, 9.17) is 0 Å². The molecular weight excluding hydrogens is 482 g/mol. The molecule has 188 valence electrons. The summed E-state index contributed by atoms with van der Waals surface area (Å²) in [5.41, 5.74) is 0.288. The second-order valence-corrected chi connectivity index (χ2v) is 9.62. The van der Waals surface area contributed by atoms with Crippen molar-refractivity contribution < 1.29 is 22.4 Å². The number of alkyl halides is 3. The highest BCUT2D eigenvalue weighted by atomic mass is 19.4. The maximum absolute atomic E-state index is 13.7. The smallest absolute Gasteiger partial charge is 0.368 e. The largest absolute Gasteiger partial charge is 0.433 e. The molecule has 6 rings (SSSR count). The topological polar surface area (TPSA) is 88.3 Å². The molecule has 3 aromatic rings. The summed E-state index contributed by atoms with van der Waals surface area (Å²) in [7, 11) is 0. The fourth-order valence-corrected chi connectivity index (χ4v) is 5.23. The molecule has 6 heterocycles. The van der Waals surface area contributed by atoms with Crippen molar-refractivity contribution in [3.63, 3.8) is 0 Å². The van der Waals surface area contributed by atoms with E-state index in [-0.39, 0.29) is 29.8 Å². The zero-order valence-electron chi connectivity index (χ0n) is 18.9. The van der Waals surface area contributed by atoms with Gasteiger partial charge < -0.3 is 15.1 Å². The number of amides is 1. The minimum atomic E-state index is -4.62. The van der Waals surface area contributed by atoms with Gasteiger partial charge in [-0.25, -0.2) is 23.7 Å². The van der Waals surface area contributed by atoms with E-state index in [1.54, 1.807) is 12.3 Å². The highest BCUT2D eigenvalue weighted by Crippen LogP contribution is 2.41. The van der Waals surface area contributed by atoms with E-state index in [0.717, 1.165) is 44.1 Å². The van der Waals surface area contributed by atoms with Crippen molar-refractivity contribution in [2.45, 2.75) is 12.2 Å². The number of halogens is 4. The first-order chi connectivity index (χ1) is 17.1. The van der Waals surface area contributed by atoms with Crippen LogP contribution in [0.1, 0.15) is 11.7 Å². The molecule has 0 bridgehead atoms. The quantitative estimate of drug-likeness (QED) is 0.432. The molecule has 9 nitrogen and oxygen atoms in total. The van der Waals surface area contributed by atoms with E-state index >= 15 is 0 Å². The molecule has 3 aromatic heterocycles. The van der Waals surface area contributed by atoms with Gasteiger partial charge in [-0.3, -0.25) is 9.36 Å². The van der Waals surface area contributed by atoms with Crippen LogP contribution in [0, 0.1) is 5.41 Å². The Bertz CT molecular complexity index is 1440. The Kier molecular flexibility index (Phi) is 4.81. The van der Waals surface area contributed by atoms with Crippen LogP contribution in [0.25, 0.3) is 16.9 Å². The van der Waals surface area contributed by atoms with E-state index in [1.807, 2.05) is 0 Å². The van der Waals surface area contributed by atoms with Gasteiger partial charge in [0, 0.05) is 50.9 Å². The Hall–Kier alpha value is -3.74. The first-order valence-corrected chi connectivity index (χ1v) is 11.3. The van der Waals surface area contributed by atoms with Gasteiger partial charge in [0.1, 0.15) is 11.2 Å². The summed E-state index contributed by atoms with van der Waals surface area (Å²) in [5.74, 6) is -1.92. The number of likely N-dealkylation sites (tertiary alicyclic amines) is 1. The Morgan fingerprint density at radius 2 is 1.86 bits per heavy atom. The number of imidazole rings is 1. The van der Waals surface area contributed by atoms with Gasteiger partial charge in [-0.05, 0) is 18.2 Å². The van der Waals surface area contributed by atoms with E-state index in [1.165, 1.54) is 20.1 Å². The highest BCUT2D eigenvalue weighted by Gasteiger charge is 2.48. The molecule has 0 radical (unpaired) electrons. The van der Waals surface area contributed by atoms with Gasteiger partial charge in [0.15, 0.2) is 11.5 Å². The Balaban J connectivity index is 1.46. The number of fused-ring (bicyclic) bond motifs is 1. The van der Waals surface area contributed by atoms with Crippen LogP contribution in [0.15, 0.2) is 47.8 Å². The summed E-state index contributed by atoms with van der Waals surface area (Å²) >= 11 is 0. The van der Waals surface area contributed by atoms with E-state index in [0.29, 0.717) is 5.52 Å². The number of nitrogens with zero attached hydrogens (tertiary/aromatic N) is 6. The summed E-state index contributed by atoms with van der Waals surface area (Å²) in [4.78, 5) is 37.0. The molecular formula is C23H21F4N7O2. The van der Waals surface area contributed by atoms with Crippen LogP contribution in [0.2, 0.25) is 0 Å². The average Bonchev–Trinajstić information content (AvgIpc) is 3.02. The third kappa shape index (κ3) is 3.33. The van der Waals surface area contributed by atoms with Crippen molar-refractivity contribution >= 4 is 22.8 Å². The zero-order valence-corrected chi connectivity index (χ0v) is 18.9. The number of anilines is 1. The number of nitrogens with one attached hydrogen (secondary N) is 1. The van der Waals surface area contributed by atoms with E-state index in [9.17, 15) is 27.2 Å². The normalized spacial score (nSPS) is 19.2. The Labute approximate surface area is 201 Å². The summed E-state index contributed by atoms with van der Waals surface area (Å²) in [5, 5.41) is 3.27. The van der Waals surface area contributed by atoms with E-state index < -0.39 is 35.3 Å². The van der Waals surface area contributed by atoms with Crippen molar-refractivity contribution in [2.75, 3.05) is 44.2 Å². The lowest BCUT2D eigenvalue weighted by Gasteiger charge is -2.57. The lowest BCUT2D eigenvalue weighted by molar-refractivity contribution is -0.141. The molecule has 13 heteroatoms. The first-order valence-electron chi connectivity index (χ1n) is 11.3. The summed E-state index contributed by atoms with van der Waals surface area (Å²) in [6.45, 7) is 6.62. The van der Waals surface area contributed by atoms with Crippen molar-refractivity contribution in [3.05, 3.63) is 59.2 Å². The van der Waals surface area contributed by atoms with Crippen molar-refractivity contribution in [1.82, 2.24) is 29.3 Å². The number of hydrogen-bond acceptors (Lipinski definition) is 6. The second-order valence-electron chi connectivity index (χ2n) is 9.62. The molecule has 1 amide bonds. The van der Waals surface area contributed by atoms with Crippen molar-refractivity contribution in [2.24, 2.45) is 5.41 Å². The number of pyridine rings is 2. The van der Waals surface area contributed by atoms with Crippen molar-refractivity contribution in [1.29, 1.82) is 0 Å². The van der Waals surface area contributed by atoms with Gasteiger partial charge in [-0.1, -0.05) is 6.58 Å². The van der Waals surface area contributed by atoms with Crippen molar-refractivity contribution in [3.8, 4) is 5.69 Å². The second kappa shape index (κ2) is 7.63. The fourth-order valence-electron chi connectivity index (χ4n) is 5.23. The molecule has 1 N–H and O–H groups in total. The number of hydrogen-bond donors (Lipinski definition) is 1. The molecule has 0 unspecified atom stereocenters. The average molecular weight is 503 g/mol. The minimum Gasteiger partial charge on any atom is -0.368 e. The van der Waals surface area contributed by atoms with Gasteiger partial charge in [-0.2, -0.15) is 13.2 Å². The molecule has 3 saturated heterocycles. The summed E-state index contributed by atoms with van der Waals surface area (Å²) in [6, 6.07) is 3.33. The maximum Gasteiger partial charge on any atom is 0.433 e. The Morgan fingerprint density at radius 1 is 1.14 bits per heavy atom. The SMILES string of the molecule is C=C(F)C(=O)N1CC(n2c(=O)n(-c3ccc(C(F)(F)F)nc3)c3nccc(N4CC5(CNC5)C4)c32)C1. The maximum atomic E-state index is 13.7. The molecule has 3 aliphatic heterocycles.